The number of nitrogens with one attached hydrogen (secondary N) is 1. The molecule has 0 fully saturated rings. The van der Waals surface area contributed by atoms with Crippen LogP contribution in [0.1, 0.15) is 13.3 Å². The van der Waals surface area contributed by atoms with Gasteiger partial charge >= 0.3 is 18.0 Å². The van der Waals surface area contributed by atoms with Crippen molar-refractivity contribution >= 4 is 27.8 Å². The summed E-state index contributed by atoms with van der Waals surface area (Å²) in [6.45, 7) is 1.45. The number of aliphatic carboxylic acids is 1. The van der Waals surface area contributed by atoms with Crippen molar-refractivity contribution in [3.63, 3.8) is 0 Å². The van der Waals surface area contributed by atoms with Gasteiger partial charge in [-0.15, -0.1) is 0 Å². The molecule has 1 unspecified atom stereocenters. The fraction of sp³-hybridized carbons (Fsp3) is 0.727. The highest BCUT2D eigenvalue weighted by Crippen LogP contribution is 1.99. The zero-order valence-electron chi connectivity index (χ0n) is 12.2. The molecule has 10 heteroatoms. The van der Waals surface area contributed by atoms with Crippen LogP contribution in [0.5, 0.6) is 0 Å². The summed E-state index contributed by atoms with van der Waals surface area (Å²) in [5, 5.41) is 11.1. The maximum Gasteiger partial charge on any atom is 0.326 e. The number of hydrogen-bond donors (Lipinski definition) is 2. The zero-order valence-corrected chi connectivity index (χ0v) is 13.0. The van der Waals surface area contributed by atoms with Crippen molar-refractivity contribution in [3.05, 3.63) is 0 Å². The van der Waals surface area contributed by atoms with Crippen molar-refractivity contribution in [2.24, 2.45) is 0 Å². The fourth-order valence-corrected chi connectivity index (χ4v) is 1.98. The van der Waals surface area contributed by atoms with Crippen LogP contribution in [0.15, 0.2) is 0 Å². The van der Waals surface area contributed by atoms with Crippen molar-refractivity contribution in [3.8, 4) is 0 Å². The lowest BCUT2D eigenvalue weighted by atomic mass is 10.2. The van der Waals surface area contributed by atoms with E-state index < -0.39 is 33.8 Å². The Hall–Kier alpha value is -1.84. The lowest BCUT2D eigenvalue weighted by Crippen LogP contribution is -2.48. The van der Waals surface area contributed by atoms with Gasteiger partial charge in [0, 0.05) is 13.3 Å². The molecule has 0 aliphatic carbocycles. The topological polar surface area (TPSA) is 130 Å². The summed E-state index contributed by atoms with van der Waals surface area (Å²) in [4.78, 5) is 34.8. The third-order valence-electron chi connectivity index (χ3n) is 2.39. The van der Waals surface area contributed by atoms with Gasteiger partial charge in [0.05, 0.1) is 12.4 Å². The van der Waals surface area contributed by atoms with Crippen LogP contribution in [0.25, 0.3) is 0 Å². The summed E-state index contributed by atoms with van der Waals surface area (Å²) < 4.78 is 26.7. The third-order valence-corrected chi connectivity index (χ3v) is 3.37. The van der Waals surface area contributed by atoms with Gasteiger partial charge in [-0.3, -0.25) is 4.79 Å². The molecule has 0 saturated heterocycles. The molecule has 0 spiro atoms. The minimum absolute atomic E-state index is 0.167. The number of carbonyl (C=O) groups excluding carboxylic acids is 2. The van der Waals surface area contributed by atoms with Gasteiger partial charge < -0.3 is 20.1 Å². The Morgan fingerprint density at radius 2 is 1.90 bits per heavy atom. The van der Waals surface area contributed by atoms with Gasteiger partial charge in [-0.2, -0.15) is 0 Å². The van der Waals surface area contributed by atoms with Gasteiger partial charge in [-0.25, -0.2) is 18.0 Å². The molecule has 9 nitrogen and oxygen atoms in total. The highest BCUT2D eigenvalue weighted by molar-refractivity contribution is 7.90. The molecule has 2 amide bonds. The smallest absolute Gasteiger partial charge is 0.326 e. The summed E-state index contributed by atoms with van der Waals surface area (Å²) in [5.74, 6) is -2.35. The number of carbonyl (C=O) groups is 3. The van der Waals surface area contributed by atoms with Crippen LogP contribution in [0.4, 0.5) is 4.79 Å². The number of carboxylic acids is 1. The Labute approximate surface area is 123 Å². The summed E-state index contributed by atoms with van der Waals surface area (Å²) >= 11 is 0. The van der Waals surface area contributed by atoms with Crippen molar-refractivity contribution in [1.29, 1.82) is 0 Å². The zero-order chi connectivity index (χ0) is 16.6. The van der Waals surface area contributed by atoms with E-state index in [0.29, 0.717) is 0 Å². The number of urea groups is 1. The van der Waals surface area contributed by atoms with E-state index >= 15 is 0 Å². The molecule has 0 radical (unpaired) electrons. The molecule has 122 valence electrons. The maximum absolute atomic E-state index is 11.7. The van der Waals surface area contributed by atoms with Gasteiger partial charge in [0.25, 0.3) is 0 Å². The summed E-state index contributed by atoms with van der Waals surface area (Å²) in [6.07, 6.45) is 0.716. The molecule has 21 heavy (non-hydrogen) atoms. The number of carboxylic acid groups (broad SMARTS) is 1. The van der Waals surface area contributed by atoms with Crippen LogP contribution in [0, 0.1) is 0 Å². The molecule has 0 rings (SSSR count). The van der Waals surface area contributed by atoms with Crippen LogP contribution in [0.2, 0.25) is 0 Å². The van der Waals surface area contributed by atoms with E-state index in [4.69, 9.17) is 5.11 Å². The number of ether oxygens (including phenoxy) is 1. The number of likely N-dealkylation sites (N-methyl/N-ethyl adjacent to an activating group) is 1. The largest absolute Gasteiger partial charge is 0.480 e. The number of hydrogen-bond acceptors (Lipinski definition) is 6. The maximum atomic E-state index is 11.7. The van der Waals surface area contributed by atoms with E-state index in [1.165, 1.54) is 7.05 Å². The SMILES string of the molecule is CCOC(=O)CN(C)C(=O)NC(CCS(C)(=O)=O)C(=O)O. The standard InChI is InChI=1S/C11H20N2O7S/c1-4-20-9(14)7-13(2)11(17)12-8(10(15)16)5-6-21(3,18)19/h8H,4-7H2,1-3H3,(H,12,17)(H,15,16). The molecule has 0 aromatic carbocycles. The monoisotopic (exact) mass is 324 g/mol. The van der Waals surface area contributed by atoms with Crippen LogP contribution in [-0.4, -0.2) is 74.6 Å². The average molecular weight is 324 g/mol. The number of sulfone groups is 1. The van der Waals surface area contributed by atoms with Crippen molar-refractivity contribution in [2.75, 3.05) is 32.2 Å². The second-order valence-electron chi connectivity index (χ2n) is 4.42. The number of rotatable bonds is 8. The average Bonchev–Trinajstić information content (AvgIpc) is 2.32. The van der Waals surface area contributed by atoms with Crippen LogP contribution in [0.3, 0.4) is 0 Å². The first-order valence-corrected chi connectivity index (χ1v) is 8.20. The van der Waals surface area contributed by atoms with Crippen molar-refractivity contribution in [1.82, 2.24) is 10.2 Å². The number of nitrogens with zero attached hydrogens (tertiary/aromatic N) is 1. The minimum atomic E-state index is -3.34. The van der Waals surface area contributed by atoms with E-state index in [2.05, 4.69) is 10.1 Å². The molecular formula is C11H20N2O7S. The molecule has 0 aliphatic rings. The van der Waals surface area contributed by atoms with Gasteiger partial charge in [-0.1, -0.05) is 0 Å². The Kier molecular flexibility index (Phi) is 7.71. The Morgan fingerprint density at radius 1 is 1.33 bits per heavy atom. The van der Waals surface area contributed by atoms with Gasteiger partial charge in [0.2, 0.25) is 0 Å². The molecule has 0 aromatic heterocycles. The predicted molar refractivity (Wildman–Crippen MR) is 73.5 cm³/mol. The first-order chi connectivity index (χ1) is 9.56. The highest BCUT2D eigenvalue weighted by atomic mass is 32.2. The number of amides is 2. The van der Waals surface area contributed by atoms with Crippen LogP contribution >= 0.6 is 0 Å². The quantitative estimate of drug-likeness (QED) is 0.552. The van der Waals surface area contributed by atoms with E-state index in [1.807, 2.05) is 0 Å². The first kappa shape index (κ1) is 19.2. The molecule has 0 heterocycles. The highest BCUT2D eigenvalue weighted by Gasteiger charge is 2.24. The Morgan fingerprint density at radius 3 is 2.33 bits per heavy atom. The molecular weight excluding hydrogens is 304 g/mol. The Balaban J connectivity index is 4.53. The molecule has 0 aliphatic heterocycles. The normalized spacial score (nSPS) is 12.3. The van der Waals surface area contributed by atoms with Crippen LogP contribution in [-0.2, 0) is 24.2 Å². The van der Waals surface area contributed by atoms with E-state index in [0.717, 1.165) is 11.2 Å². The van der Waals surface area contributed by atoms with Crippen molar-refractivity contribution in [2.45, 2.75) is 19.4 Å². The Bertz CT molecular complexity index is 489. The predicted octanol–water partition coefficient (Wildman–Crippen LogP) is -0.921. The van der Waals surface area contributed by atoms with E-state index in [1.54, 1.807) is 6.92 Å². The van der Waals surface area contributed by atoms with Crippen molar-refractivity contribution < 1.29 is 32.6 Å². The van der Waals surface area contributed by atoms with Gasteiger partial charge in [-0.05, 0) is 13.3 Å². The number of esters is 1. The first-order valence-electron chi connectivity index (χ1n) is 6.14. The minimum Gasteiger partial charge on any atom is -0.480 e. The molecule has 1 atom stereocenters. The lowest BCUT2D eigenvalue weighted by Gasteiger charge is -2.20. The van der Waals surface area contributed by atoms with E-state index in [-0.39, 0.29) is 25.3 Å². The fourth-order valence-electron chi connectivity index (χ4n) is 1.32. The summed E-state index contributed by atoms with van der Waals surface area (Å²) in [5.41, 5.74) is 0. The lowest BCUT2D eigenvalue weighted by molar-refractivity contribution is -0.143. The second-order valence-corrected chi connectivity index (χ2v) is 6.68. The summed E-state index contributed by atoms with van der Waals surface area (Å²) in [7, 11) is -2.04. The summed E-state index contributed by atoms with van der Waals surface area (Å²) in [6, 6.07) is -2.15. The third kappa shape index (κ3) is 8.84. The van der Waals surface area contributed by atoms with Crippen LogP contribution < -0.4 is 5.32 Å². The molecule has 0 bridgehead atoms. The second kappa shape index (κ2) is 8.45. The molecule has 2 N–H and O–H groups in total. The van der Waals surface area contributed by atoms with E-state index in [9.17, 15) is 22.8 Å². The molecule has 0 saturated carbocycles. The van der Waals surface area contributed by atoms with Gasteiger partial charge in [0.15, 0.2) is 0 Å². The van der Waals surface area contributed by atoms with Gasteiger partial charge in [0.1, 0.15) is 22.4 Å². The molecule has 0 aromatic rings.